The topological polar surface area (TPSA) is 15.3 Å². The molecule has 1 aliphatic heterocycles. The van der Waals surface area contributed by atoms with Gasteiger partial charge in [-0.25, -0.2) is 0 Å². The van der Waals surface area contributed by atoms with Gasteiger partial charge in [0.15, 0.2) is 0 Å². The summed E-state index contributed by atoms with van der Waals surface area (Å²) in [5.74, 6) is 0. The molecule has 100 valence electrons. The molecule has 2 heteroatoms. The molecule has 0 aromatic heterocycles. The van der Waals surface area contributed by atoms with Crippen molar-refractivity contribution in [3.05, 3.63) is 48.0 Å². The summed E-state index contributed by atoms with van der Waals surface area (Å²) in [4.78, 5) is 2.59. The number of benzene rings is 2. The Hall–Kier alpha value is -1.38. The van der Waals surface area contributed by atoms with Crippen LogP contribution in [0.25, 0.3) is 10.8 Å². The summed E-state index contributed by atoms with van der Waals surface area (Å²) >= 11 is 0. The number of hydrogen-bond acceptors (Lipinski definition) is 2. The molecule has 0 amide bonds. The van der Waals surface area contributed by atoms with Crippen LogP contribution in [0, 0.1) is 0 Å². The van der Waals surface area contributed by atoms with Crippen LogP contribution in [-0.4, -0.2) is 37.1 Å². The van der Waals surface area contributed by atoms with Crippen LogP contribution in [0.4, 0.5) is 0 Å². The standard InChI is InChI=1S/C17H22N2/c1-14(19-10-8-18-9-11-19)12-15-6-7-16-4-2-3-5-17(16)13-15/h2-7,13-14,18H,8-12H2,1H3. The Labute approximate surface area is 115 Å². The van der Waals surface area contributed by atoms with E-state index in [2.05, 4.69) is 59.6 Å². The minimum Gasteiger partial charge on any atom is -0.314 e. The molecule has 0 bridgehead atoms. The summed E-state index contributed by atoms with van der Waals surface area (Å²) in [6.07, 6.45) is 1.14. The van der Waals surface area contributed by atoms with Crippen LogP contribution in [0.5, 0.6) is 0 Å². The Morgan fingerprint density at radius 3 is 2.58 bits per heavy atom. The van der Waals surface area contributed by atoms with Crippen molar-refractivity contribution >= 4 is 10.8 Å². The van der Waals surface area contributed by atoms with Crippen molar-refractivity contribution in [3.8, 4) is 0 Å². The second kappa shape index (κ2) is 5.72. The molecule has 3 rings (SSSR count). The molecule has 1 N–H and O–H groups in total. The van der Waals surface area contributed by atoms with Gasteiger partial charge in [-0.05, 0) is 29.7 Å². The largest absolute Gasteiger partial charge is 0.314 e. The number of hydrogen-bond donors (Lipinski definition) is 1. The molecule has 2 aromatic rings. The Morgan fingerprint density at radius 2 is 1.79 bits per heavy atom. The molecule has 0 saturated carbocycles. The van der Waals surface area contributed by atoms with Crippen LogP contribution in [0.3, 0.4) is 0 Å². The lowest BCUT2D eigenvalue weighted by Crippen LogP contribution is -2.48. The summed E-state index contributed by atoms with van der Waals surface area (Å²) < 4.78 is 0. The summed E-state index contributed by atoms with van der Waals surface area (Å²) in [5.41, 5.74) is 1.45. The third kappa shape index (κ3) is 2.96. The maximum Gasteiger partial charge on any atom is 0.0110 e. The molecule has 0 spiro atoms. The van der Waals surface area contributed by atoms with E-state index in [0.29, 0.717) is 6.04 Å². The zero-order valence-electron chi connectivity index (χ0n) is 11.6. The average Bonchev–Trinajstić information content (AvgIpc) is 2.48. The van der Waals surface area contributed by atoms with Gasteiger partial charge in [0.2, 0.25) is 0 Å². The summed E-state index contributed by atoms with van der Waals surface area (Å²) in [6.45, 7) is 6.95. The van der Waals surface area contributed by atoms with Crippen molar-refractivity contribution in [1.29, 1.82) is 0 Å². The van der Waals surface area contributed by atoms with E-state index in [4.69, 9.17) is 0 Å². The predicted molar refractivity (Wildman–Crippen MR) is 81.6 cm³/mol. The molecule has 1 unspecified atom stereocenters. The monoisotopic (exact) mass is 254 g/mol. The van der Waals surface area contributed by atoms with Crippen LogP contribution in [0.15, 0.2) is 42.5 Å². The Kier molecular flexibility index (Phi) is 3.81. The number of piperazine rings is 1. The predicted octanol–water partition coefficient (Wildman–Crippen LogP) is 2.68. The smallest absolute Gasteiger partial charge is 0.0110 e. The van der Waals surface area contributed by atoms with Gasteiger partial charge in [0.1, 0.15) is 0 Å². The number of fused-ring (bicyclic) bond motifs is 1. The SMILES string of the molecule is CC(Cc1ccc2ccccc2c1)N1CCNCC1. The third-order valence-electron chi connectivity index (χ3n) is 4.12. The maximum absolute atomic E-state index is 3.42. The zero-order valence-corrected chi connectivity index (χ0v) is 11.6. The van der Waals surface area contributed by atoms with E-state index >= 15 is 0 Å². The fourth-order valence-electron chi connectivity index (χ4n) is 2.96. The second-order valence-electron chi connectivity index (χ2n) is 5.52. The molecule has 0 aliphatic carbocycles. The molecule has 1 heterocycles. The molecule has 0 radical (unpaired) electrons. The minimum atomic E-state index is 0.628. The number of nitrogens with zero attached hydrogens (tertiary/aromatic N) is 1. The zero-order chi connectivity index (χ0) is 13.1. The van der Waals surface area contributed by atoms with Gasteiger partial charge in [0.05, 0.1) is 0 Å². The van der Waals surface area contributed by atoms with Crippen molar-refractivity contribution in [3.63, 3.8) is 0 Å². The van der Waals surface area contributed by atoms with Gasteiger partial charge in [-0.1, -0.05) is 42.5 Å². The van der Waals surface area contributed by atoms with Gasteiger partial charge >= 0.3 is 0 Å². The van der Waals surface area contributed by atoms with Crippen LogP contribution in [0.1, 0.15) is 12.5 Å². The van der Waals surface area contributed by atoms with Crippen molar-refractivity contribution in [2.24, 2.45) is 0 Å². The highest BCUT2D eigenvalue weighted by atomic mass is 15.2. The molecule has 2 aromatic carbocycles. The second-order valence-corrected chi connectivity index (χ2v) is 5.52. The lowest BCUT2D eigenvalue weighted by atomic mass is 10.0. The lowest BCUT2D eigenvalue weighted by Gasteiger charge is -2.32. The highest BCUT2D eigenvalue weighted by molar-refractivity contribution is 5.82. The van der Waals surface area contributed by atoms with E-state index in [0.717, 1.165) is 19.5 Å². The Balaban J connectivity index is 1.73. The number of nitrogens with one attached hydrogen (secondary N) is 1. The van der Waals surface area contributed by atoms with Crippen LogP contribution in [0.2, 0.25) is 0 Å². The first-order chi connectivity index (χ1) is 9.33. The van der Waals surface area contributed by atoms with E-state index in [1.165, 1.54) is 29.4 Å². The molecule has 1 aliphatic rings. The van der Waals surface area contributed by atoms with Crippen LogP contribution >= 0.6 is 0 Å². The van der Waals surface area contributed by atoms with E-state index in [-0.39, 0.29) is 0 Å². The minimum absolute atomic E-state index is 0.628. The number of rotatable bonds is 3. The van der Waals surface area contributed by atoms with Gasteiger partial charge in [-0.2, -0.15) is 0 Å². The lowest BCUT2D eigenvalue weighted by molar-refractivity contribution is 0.183. The molecule has 19 heavy (non-hydrogen) atoms. The fourth-order valence-corrected chi connectivity index (χ4v) is 2.96. The normalized spacial score (nSPS) is 18.6. The van der Waals surface area contributed by atoms with Crippen LogP contribution in [-0.2, 0) is 6.42 Å². The first-order valence-corrected chi connectivity index (χ1v) is 7.25. The molecule has 1 atom stereocenters. The fraction of sp³-hybridized carbons (Fsp3) is 0.412. The highest BCUT2D eigenvalue weighted by Crippen LogP contribution is 2.18. The molecular weight excluding hydrogens is 232 g/mol. The van der Waals surface area contributed by atoms with E-state index in [1.54, 1.807) is 0 Å². The summed E-state index contributed by atoms with van der Waals surface area (Å²) in [6, 6.07) is 16.1. The maximum atomic E-state index is 3.42. The molecule has 1 saturated heterocycles. The molecule has 1 fully saturated rings. The van der Waals surface area contributed by atoms with Crippen molar-refractivity contribution in [2.45, 2.75) is 19.4 Å². The Morgan fingerprint density at radius 1 is 1.05 bits per heavy atom. The van der Waals surface area contributed by atoms with E-state index < -0.39 is 0 Å². The molecular formula is C17H22N2. The quantitative estimate of drug-likeness (QED) is 0.906. The van der Waals surface area contributed by atoms with Crippen molar-refractivity contribution < 1.29 is 0 Å². The summed E-state index contributed by atoms with van der Waals surface area (Å²) in [7, 11) is 0. The average molecular weight is 254 g/mol. The van der Waals surface area contributed by atoms with E-state index in [9.17, 15) is 0 Å². The first-order valence-electron chi connectivity index (χ1n) is 7.25. The van der Waals surface area contributed by atoms with Gasteiger partial charge in [-0.15, -0.1) is 0 Å². The van der Waals surface area contributed by atoms with Crippen molar-refractivity contribution in [2.75, 3.05) is 26.2 Å². The summed E-state index contributed by atoms with van der Waals surface area (Å²) in [5, 5.41) is 6.10. The van der Waals surface area contributed by atoms with Crippen molar-refractivity contribution in [1.82, 2.24) is 10.2 Å². The van der Waals surface area contributed by atoms with E-state index in [1.807, 2.05) is 0 Å². The van der Waals surface area contributed by atoms with Gasteiger partial charge < -0.3 is 5.32 Å². The van der Waals surface area contributed by atoms with Gasteiger partial charge in [-0.3, -0.25) is 4.90 Å². The third-order valence-corrected chi connectivity index (χ3v) is 4.12. The highest BCUT2D eigenvalue weighted by Gasteiger charge is 2.16. The molecule has 2 nitrogen and oxygen atoms in total. The Bertz CT molecular complexity index is 544. The van der Waals surface area contributed by atoms with Gasteiger partial charge in [0, 0.05) is 32.2 Å². The van der Waals surface area contributed by atoms with Crippen LogP contribution < -0.4 is 5.32 Å². The first kappa shape index (κ1) is 12.6. The van der Waals surface area contributed by atoms with Gasteiger partial charge in [0.25, 0.3) is 0 Å².